The van der Waals surface area contributed by atoms with Crippen molar-refractivity contribution >= 4 is 55.6 Å². The second kappa shape index (κ2) is 8.10. The molecule has 0 aliphatic carbocycles. The Bertz CT molecular complexity index is 1800. The third-order valence-electron chi connectivity index (χ3n) is 7.03. The van der Waals surface area contributed by atoms with Gasteiger partial charge >= 0.3 is 6.09 Å². The Morgan fingerprint density at radius 2 is 1.41 bits per heavy atom. The molecule has 2 amide bonds. The summed E-state index contributed by atoms with van der Waals surface area (Å²) in [7, 11) is 0. The van der Waals surface area contributed by atoms with Crippen molar-refractivity contribution in [2.45, 2.75) is 46.0 Å². The fraction of sp³-hybridized carbons (Fsp3) is 0.226. The van der Waals surface area contributed by atoms with E-state index in [1.54, 1.807) is 20.8 Å². The summed E-state index contributed by atoms with van der Waals surface area (Å²) in [6.45, 7) is 14.8. The predicted octanol–water partition coefficient (Wildman–Crippen LogP) is 7.17. The summed E-state index contributed by atoms with van der Waals surface area (Å²) in [4.78, 5) is 28.5. The quantitative estimate of drug-likeness (QED) is 0.251. The van der Waals surface area contributed by atoms with Crippen molar-refractivity contribution in [3.63, 3.8) is 0 Å². The van der Waals surface area contributed by atoms with E-state index in [0.717, 1.165) is 49.2 Å². The van der Waals surface area contributed by atoms with Gasteiger partial charge < -0.3 is 13.9 Å². The average Bonchev–Trinajstić information content (AvgIpc) is 3.48. The average molecular weight is 492 g/mol. The zero-order valence-corrected chi connectivity index (χ0v) is 21.4. The Morgan fingerprint density at radius 3 is 1.95 bits per heavy atom. The fourth-order valence-electron chi connectivity index (χ4n) is 5.79. The molecule has 6 heteroatoms. The van der Waals surface area contributed by atoms with E-state index in [9.17, 15) is 9.59 Å². The number of allylic oxidation sites excluding steroid dienone is 2. The molecular weight excluding hydrogens is 462 g/mol. The van der Waals surface area contributed by atoms with Gasteiger partial charge in [-0.15, -0.1) is 13.2 Å². The van der Waals surface area contributed by atoms with Crippen LogP contribution in [0.2, 0.25) is 0 Å². The summed E-state index contributed by atoms with van der Waals surface area (Å²) in [5.74, 6) is -0.321. The maximum absolute atomic E-state index is 14.0. The first-order valence-corrected chi connectivity index (χ1v) is 12.5. The highest BCUT2D eigenvalue weighted by atomic mass is 16.6. The second-order valence-corrected chi connectivity index (χ2v) is 10.5. The van der Waals surface area contributed by atoms with Crippen LogP contribution in [0.25, 0.3) is 43.6 Å². The lowest BCUT2D eigenvalue weighted by Crippen LogP contribution is -2.36. The molecule has 0 N–H and O–H groups in total. The van der Waals surface area contributed by atoms with E-state index in [1.807, 2.05) is 42.5 Å². The highest BCUT2D eigenvalue weighted by Gasteiger charge is 2.40. The summed E-state index contributed by atoms with van der Waals surface area (Å²) >= 11 is 0. The third-order valence-corrected chi connectivity index (χ3v) is 7.03. The Balaban J connectivity index is 1.83. The molecule has 6 nitrogen and oxygen atoms in total. The zero-order chi connectivity index (χ0) is 26.1. The standard InChI is InChI=1S/C31H29N3O3/c1-6-16-32-22-14-10-8-12-19(22)24-21-18-34(30(36)37-31(3,4)5)29(35)26(21)25-20-13-9-11-15-23(20)33(17-7-2)28(25)27(24)32/h6-15H,1-2,16-18H2,3-5H3. The van der Waals surface area contributed by atoms with E-state index in [2.05, 4.69) is 40.5 Å². The van der Waals surface area contributed by atoms with Crippen LogP contribution < -0.4 is 0 Å². The molecule has 6 rings (SSSR count). The maximum atomic E-state index is 14.0. The number of hydrogen-bond donors (Lipinski definition) is 0. The molecule has 37 heavy (non-hydrogen) atoms. The topological polar surface area (TPSA) is 56.5 Å². The van der Waals surface area contributed by atoms with E-state index in [4.69, 9.17) is 4.74 Å². The Kier molecular flexibility index (Phi) is 5.06. The van der Waals surface area contributed by atoms with Crippen molar-refractivity contribution in [2.75, 3.05) is 0 Å². The lowest BCUT2D eigenvalue weighted by Gasteiger charge is -2.23. The molecule has 0 saturated carbocycles. The third kappa shape index (κ3) is 3.25. The smallest absolute Gasteiger partial charge is 0.417 e. The zero-order valence-electron chi connectivity index (χ0n) is 21.4. The van der Waals surface area contributed by atoms with Gasteiger partial charge in [0.25, 0.3) is 5.91 Å². The first kappa shape index (κ1) is 23.1. The lowest BCUT2D eigenvalue weighted by atomic mass is 9.97. The summed E-state index contributed by atoms with van der Waals surface area (Å²) in [6, 6.07) is 16.3. The number of rotatable bonds is 4. The SMILES string of the molecule is C=CCn1c2ccccc2c2c3c(c4c5ccccc5n(CC=C)c4c21)C(=O)N(C(=O)OC(C)(C)C)C3. The molecule has 0 radical (unpaired) electrons. The largest absolute Gasteiger partial charge is 0.443 e. The van der Waals surface area contributed by atoms with Crippen LogP contribution in [0.4, 0.5) is 4.79 Å². The first-order valence-electron chi connectivity index (χ1n) is 12.5. The lowest BCUT2D eigenvalue weighted by molar-refractivity contribution is 0.0248. The first-order chi connectivity index (χ1) is 17.8. The number of fused-ring (bicyclic) bond motifs is 10. The molecule has 0 spiro atoms. The molecule has 0 unspecified atom stereocenters. The number of hydrogen-bond acceptors (Lipinski definition) is 3. The molecule has 0 saturated heterocycles. The van der Waals surface area contributed by atoms with Crippen LogP contribution in [0.5, 0.6) is 0 Å². The van der Waals surface area contributed by atoms with Gasteiger partial charge in [-0.25, -0.2) is 9.69 Å². The van der Waals surface area contributed by atoms with E-state index in [-0.39, 0.29) is 12.5 Å². The van der Waals surface area contributed by atoms with Gasteiger partial charge in [0.2, 0.25) is 0 Å². The van der Waals surface area contributed by atoms with Crippen LogP contribution in [0.3, 0.4) is 0 Å². The minimum Gasteiger partial charge on any atom is -0.443 e. The molecule has 1 aliphatic heterocycles. The molecular formula is C31H29N3O3. The Morgan fingerprint density at radius 1 is 0.892 bits per heavy atom. The van der Waals surface area contributed by atoms with Crippen LogP contribution in [-0.4, -0.2) is 31.6 Å². The number of ether oxygens (including phenoxy) is 1. The Labute approximate surface area is 215 Å². The molecule has 3 aromatic carbocycles. The molecule has 5 aromatic rings. The van der Waals surface area contributed by atoms with Crippen molar-refractivity contribution in [3.05, 3.63) is 85.0 Å². The van der Waals surface area contributed by atoms with E-state index in [0.29, 0.717) is 18.7 Å². The van der Waals surface area contributed by atoms with Gasteiger partial charge in [-0.3, -0.25) is 4.79 Å². The van der Waals surface area contributed by atoms with Crippen LogP contribution in [0.15, 0.2) is 73.8 Å². The molecule has 3 heterocycles. The number of aromatic nitrogens is 2. The van der Waals surface area contributed by atoms with E-state index in [1.165, 1.54) is 4.90 Å². The fourth-order valence-corrected chi connectivity index (χ4v) is 5.79. The van der Waals surface area contributed by atoms with Crippen LogP contribution in [0.1, 0.15) is 36.7 Å². The van der Waals surface area contributed by atoms with Crippen LogP contribution in [-0.2, 0) is 24.4 Å². The van der Waals surface area contributed by atoms with Gasteiger partial charge in [-0.1, -0.05) is 48.6 Å². The minimum absolute atomic E-state index is 0.165. The van der Waals surface area contributed by atoms with Crippen molar-refractivity contribution in [1.29, 1.82) is 0 Å². The van der Waals surface area contributed by atoms with Crippen LogP contribution in [0, 0.1) is 0 Å². The maximum Gasteiger partial charge on any atom is 0.417 e. The second-order valence-electron chi connectivity index (χ2n) is 10.5. The van der Waals surface area contributed by atoms with E-state index >= 15 is 0 Å². The van der Waals surface area contributed by atoms with Gasteiger partial charge in [-0.05, 0) is 38.5 Å². The number of imide groups is 1. The van der Waals surface area contributed by atoms with E-state index < -0.39 is 11.7 Å². The number of benzene rings is 3. The van der Waals surface area contributed by atoms with Crippen LogP contribution >= 0.6 is 0 Å². The van der Waals surface area contributed by atoms with Gasteiger partial charge in [0.15, 0.2) is 0 Å². The highest BCUT2D eigenvalue weighted by molar-refractivity contribution is 6.31. The predicted molar refractivity (Wildman–Crippen MR) is 149 cm³/mol. The Hall–Kier alpha value is -4.32. The number of nitrogens with zero attached hydrogens (tertiary/aromatic N) is 3. The van der Waals surface area contributed by atoms with Gasteiger partial charge in [-0.2, -0.15) is 0 Å². The number of carbonyl (C=O) groups is 2. The summed E-state index contributed by atoms with van der Waals surface area (Å²) in [5, 5.41) is 3.88. The summed E-state index contributed by atoms with van der Waals surface area (Å²) in [5.41, 5.74) is 4.81. The van der Waals surface area contributed by atoms with Crippen molar-refractivity contribution in [2.24, 2.45) is 0 Å². The molecule has 1 aliphatic rings. The summed E-state index contributed by atoms with van der Waals surface area (Å²) < 4.78 is 10.1. The normalized spacial score (nSPS) is 13.7. The molecule has 2 aromatic heterocycles. The monoisotopic (exact) mass is 491 g/mol. The van der Waals surface area contributed by atoms with Gasteiger partial charge in [0.05, 0.1) is 23.1 Å². The number of amides is 2. The molecule has 0 atom stereocenters. The van der Waals surface area contributed by atoms with Gasteiger partial charge in [0.1, 0.15) is 5.60 Å². The molecule has 186 valence electrons. The van der Waals surface area contributed by atoms with Crippen molar-refractivity contribution < 1.29 is 14.3 Å². The van der Waals surface area contributed by atoms with Gasteiger partial charge in [0, 0.05) is 45.7 Å². The van der Waals surface area contributed by atoms with Crippen molar-refractivity contribution in [1.82, 2.24) is 14.0 Å². The van der Waals surface area contributed by atoms with Crippen molar-refractivity contribution in [3.8, 4) is 0 Å². The minimum atomic E-state index is -0.712. The number of carbonyl (C=O) groups excluding carboxylic acids is 2. The molecule has 0 fully saturated rings. The molecule has 0 bridgehead atoms. The highest BCUT2D eigenvalue weighted by Crippen LogP contribution is 2.46. The number of para-hydroxylation sites is 2. The summed E-state index contributed by atoms with van der Waals surface area (Å²) in [6.07, 6.45) is 3.14.